The number of benzene rings is 4. The molecule has 7 rings (SSSR count). The number of para-hydroxylation sites is 1. The second kappa shape index (κ2) is 9.31. The number of aryl methyl sites for hydroxylation is 3. The van der Waals surface area contributed by atoms with E-state index in [1.165, 1.54) is 13.8 Å². The van der Waals surface area contributed by atoms with Crippen LogP contribution >= 0.6 is 0 Å². The minimum absolute atomic E-state index is 0.0753. The third-order valence-electron chi connectivity index (χ3n) is 8.12. The molecule has 0 saturated carbocycles. The summed E-state index contributed by atoms with van der Waals surface area (Å²) in [6.45, 7) is 0.897. The second-order valence-corrected chi connectivity index (χ2v) is 10.9. The first-order chi connectivity index (χ1) is 22.8. The van der Waals surface area contributed by atoms with Crippen LogP contribution in [-0.2, 0) is 7.05 Å². The van der Waals surface area contributed by atoms with E-state index in [-0.39, 0.29) is 16.8 Å². The molecule has 0 amide bonds. The van der Waals surface area contributed by atoms with Gasteiger partial charge in [-0.3, -0.25) is 0 Å². The molecule has 0 aliphatic rings. The molecule has 3 heterocycles. The fraction of sp³-hybridized carbons (Fsp3) is 0.243. The first kappa shape index (κ1) is 18.1. The number of hydrogen-bond donors (Lipinski definition) is 0. The molecule has 0 bridgehead atoms. The Morgan fingerprint density at radius 3 is 2.24 bits per heavy atom. The predicted octanol–water partition coefficient (Wildman–Crippen LogP) is 9.43. The van der Waals surface area contributed by atoms with Crippen LogP contribution in [0.2, 0.25) is 0 Å². The lowest BCUT2D eigenvalue weighted by molar-refractivity contribution is -0.633. The summed E-state index contributed by atoms with van der Waals surface area (Å²) in [5, 5.41) is 3.55. The second-order valence-electron chi connectivity index (χ2n) is 10.9. The average molecular weight is 547 g/mol. The summed E-state index contributed by atoms with van der Waals surface area (Å²) in [4.78, 5) is 4.65. The van der Waals surface area contributed by atoms with Gasteiger partial charge in [0.05, 0.1) is 7.05 Å². The summed E-state index contributed by atoms with van der Waals surface area (Å²) in [5.74, 6) is -3.80. The van der Waals surface area contributed by atoms with E-state index in [2.05, 4.69) is 4.98 Å². The first-order valence-corrected chi connectivity index (χ1v) is 13.7. The molecule has 4 nitrogen and oxygen atoms in total. The normalized spacial score (nSPS) is 18.6. The van der Waals surface area contributed by atoms with E-state index in [1.807, 2.05) is 90.7 Å². The fourth-order valence-electron chi connectivity index (χ4n) is 6.13. The van der Waals surface area contributed by atoms with E-state index >= 15 is 0 Å². The van der Waals surface area contributed by atoms with Crippen LogP contribution in [0.4, 0.5) is 0 Å². The Kier molecular flexibility index (Phi) is 4.10. The molecule has 0 radical (unpaired) electrons. The molecule has 2 atom stereocenters. The lowest BCUT2D eigenvalue weighted by Crippen LogP contribution is -2.30. The third kappa shape index (κ3) is 3.81. The van der Waals surface area contributed by atoms with E-state index in [4.69, 9.17) is 12.6 Å². The summed E-state index contributed by atoms with van der Waals surface area (Å²) < 4.78 is 79.7. The van der Waals surface area contributed by atoms with E-state index in [9.17, 15) is 2.74 Å². The maximum Gasteiger partial charge on any atom is 0.299 e. The lowest BCUT2D eigenvalue weighted by Gasteiger charge is -2.18. The number of rotatable bonds is 4. The smallest absolute Gasteiger partial charge is 0.299 e. The molecule has 0 fully saturated rings. The molecular weight excluding hydrogens is 502 g/mol. The van der Waals surface area contributed by atoms with Crippen molar-refractivity contribution >= 4 is 43.9 Å². The average Bonchev–Trinajstić information content (AvgIpc) is 3.52. The summed E-state index contributed by atoms with van der Waals surface area (Å²) in [6.07, 6.45) is 0. The van der Waals surface area contributed by atoms with Gasteiger partial charge in [0.15, 0.2) is 16.6 Å². The zero-order chi connectivity index (χ0) is 35.4. The standard InChI is InChI=1S/C37H36N3O/c1-21(2)27-13-10-14-28(22(3)4)34(27)40-32-20-26-12-9-8-11-25(26)19-31(32)39(7)37(40)33-23(5)15-17-29-30-18-16-24(6)38-36(30)41-35(29)33/h8-22H,1-7H3/q+1/i1D3,3D3,21D,22D. The van der Waals surface area contributed by atoms with Crippen molar-refractivity contribution in [2.75, 3.05) is 0 Å². The van der Waals surface area contributed by atoms with E-state index in [0.29, 0.717) is 28.2 Å². The summed E-state index contributed by atoms with van der Waals surface area (Å²) >= 11 is 0. The van der Waals surface area contributed by atoms with Crippen LogP contribution in [0.3, 0.4) is 0 Å². The van der Waals surface area contributed by atoms with Crippen molar-refractivity contribution in [2.45, 2.75) is 53.2 Å². The van der Waals surface area contributed by atoms with Crippen LogP contribution in [0, 0.1) is 13.8 Å². The molecule has 4 heteroatoms. The van der Waals surface area contributed by atoms with Gasteiger partial charge in [-0.2, -0.15) is 4.57 Å². The minimum Gasteiger partial charge on any atom is -0.437 e. The van der Waals surface area contributed by atoms with Gasteiger partial charge in [0.2, 0.25) is 5.71 Å². The molecule has 2 unspecified atom stereocenters. The highest BCUT2D eigenvalue weighted by Gasteiger charge is 2.34. The van der Waals surface area contributed by atoms with Crippen molar-refractivity contribution in [2.24, 2.45) is 7.05 Å². The SMILES string of the molecule is [2H]C([2H])([2H])C([2H])(C)c1cccc(C([2H])(C)C([2H])([2H])[2H])c1-n1c(-c2c(C)ccc3c2oc2nc(C)ccc23)[n+](C)c2cc3ccccc3cc21. The summed E-state index contributed by atoms with van der Waals surface area (Å²) in [7, 11) is 1.90. The molecule has 204 valence electrons. The van der Waals surface area contributed by atoms with Gasteiger partial charge >= 0.3 is 0 Å². The topological polar surface area (TPSA) is 34.8 Å². The van der Waals surface area contributed by atoms with Gasteiger partial charge < -0.3 is 4.42 Å². The van der Waals surface area contributed by atoms with Crippen molar-refractivity contribution in [1.29, 1.82) is 0 Å². The van der Waals surface area contributed by atoms with Gasteiger partial charge in [0, 0.05) is 38.6 Å². The van der Waals surface area contributed by atoms with Crippen molar-refractivity contribution < 1.29 is 20.0 Å². The van der Waals surface area contributed by atoms with Crippen LogP contribution < -0.4 is 4.57 Å². The number of fused-ring (bicyclic) bond motifs is 5. The van der Waals surface area contributed by atoms with Gasteiger partial charge in [0.1, 0.15) is 11.3 Å². The number of hydrogen-bond acceptors (Lipinski definition) is 2. The maximum atomic E-state index is 9.34. The van der Waals surface area contributed by atoms with Crippen LogP contribution in [0.15, 0.2) is 83.3 Å². The molecule has 0 spiro atoms. The Balaban J connectivity index is 1.76. The molecule has 0 N–H and O–H groups in total. The zero-order valence-electron chi connectivity index (χ0n) is 31.8. The first-order valence-electron chi connectivity index (χ1n) is 17.7. The molecule has 0 aliphatic heterocycles. The molecule has 0 saturated heterocycles. The third-order valence-corrected chi connectivity index (χ3v) is 8.12. The largest absolute Gasteiger partial charge is 0.437 e. The number of imidazole rings is 1. The molecule has 41 heavy (non-hydrogen) atoms. The van der Waals surface area contributed by atoms with Crippen molar-refractivity contribution in [1.82, 2.24) is 9.55 Å². The summed E-state index contributed by atoms with van der Waals surface area (Å²) in [5.41, 5.74) is 5.12. The Labute approximate surface area is 252 Å². The van der Waals surface area contributed by atoms with Crippen LogP contribution in [0.5, 0.6) is 0 Å². The molecule has 0 aliphatic carbocycles. The Morgan fingerprint density at radius 2 is 1.54 bits per heavy atom. The van der Waals surface area contributed by atoms with Gasteiger partial charge in [-0.05, 0) is 66.2 Å². The Morgan fingerprint density at radius 1 is 0.854 bits per heavy atom. The molecular formula is C37H36N3O+. The van der Waals surface area contributed by atoms with Gasteiger partial charge in [-0.15, -0.1) is 0 Å². The number of aromatic nitrogens is 3. The van der Waals surface area contributed by atoms with Gasteiger partial charge in [-0.25, -0.2) is 9.55 Å². The monoisotopic (exact) mass is 546 g/mol. The van der Waals surface area contributed by atoms with Gasteiger partial charge in [0.25, 0.3) is 5.82 Å². The zero-order valence-corrected chi connectivity index (χ0v) is 23.8. The molecule has 3 aromatic heterocycles. The number of pyridine rings is 1. The van der Waals surface area contributed by atoms with Crippen LogP contribution in [0.1, 0.15) is 72.7 Å². The molecule has 7 aromatic rings. The van der Waals surface area contributed by atoms with Crippen LogP contribution in [-0.4, -0.2) is 9.55 Å². The van der Waals surface area contributed by atoms with E-state index in [1.54, 1.807) is 18.2 Å². The van der Waals surface area contributed by atoms with Crippen molar-refractivity contribution in [3.8, 4) is 17.1 Å². The van der Waals surface area contributed by atoms with Crippen molar-refractivity contribution in [3.63, 3.8) is 0 Å². The lowest BCUT2D eigenvalue weighted by atomic mass is 9.92. The minimum atomic E-state index is -2.80. The number of nitrogens with zero attached hydrogens (tertiary/aromatic N) is 3. The van der Waals surface area contributed by atoms with Crippen molar-refractivity contribution in [3.05, 3.63) is 101 Å². The highest BCUT2D eigenvalue weighted by molar-refractivity contribution is 6.09. The Bertz CT molecular complexity index is 2420. The van der Waals surface area contributed by atoms with Gasteiger partial charge in [-0.1, -0.05) is 82.1 Å². The maximum absolute atomic E-state index is 9.34. The highest BCUT2D eigenvalue weighted by Crippen LogP contribution is 2.42. The summed E-state index contributed by atoms with van der Waals surface area (Å²) in [6, 6.07) is 24.5. The van der Waals surface area contributed by atoms with E-state index < -0.39 is 25.5 Å². The quantitative estimate of drug-likeness (QED) is 0.206. The predicted molar refractivity (Wildman–Crippen MR) is 170 cm³/mol. The highest BCUT2D eigenvalue weighted by atomic mass is 16.3. The number of furan rings is 1. The van der Waals surface area contributed by atoms with E-state index in [0.717, 1.165) is 38.3 Å². The Hall–Kier alpha value is -4.44. The van der Waals surface area contributed by atoms with Crippen LogP contribution in [0.25, 0.3) is 61.0 Å². The molecule has 4 aromatic carbocycles. The fourth-order valence-corrected chi connectivity index (χ4v) is 6.13.